The van der Waals surface area contributed by atoms with Gasteiger partial charge in [0.2, 0.25) is 0 Å². The van der Waals surface area contributed by atoms with E-state index < -0.39 is 17.6 Å². The summed E-state index contributed by atoms with van der Waals surface area (Å²) >= 11 is 0.686. The molecule has 11 heteroatoms. The van der Waals surface area contributed by atoms with Crippen molar-refractivity contribution in [3.63, 3.8) is 0 Å². The van der Waals surface area contributed by atoms with Crippen molar-refractivity contribution in [2.24, 2.45) is 0 Å². The molecule has 0 saturated heterocycles. The molecule has 0 radical (unpaired) electrons. The van der Waals surface area contributed by atoms with Gasteiger partial charge in [-0.25, -0.2) is 4.98 Å². The summed E-state index contributed by atoms with van der Waals surface area (Å²) in [4.78, 5) is 21.4. The van der Waals surface area contributed by atoms with Crippen LogP contribution in [0.3, 0.4) is 0 Å². The van der Waals surface area contributed by atoms with E-state index in [0.29, 0.717) is 22.6 Å². The van der Waals surface area contributed by atoms with E-state index in [1.807, 2.05) is 0 Å². The predicted molar refractivity (Wildman–Crippen MR) is 122 cm³/mol. The number of carbonyl (C=O) groups excluding carboxylic acids is 1. The maximum atomic E-state index is 13.8. The smallest absolute Gasteiger partial charge is 0.417 e. The van der Waals surface area contributed by atoms with Crippen LogP contribution in [0.15, 0.2) is 48.5 Å². The number of aromatic nitrogens is 2. The van der Waals surface area contributed by atoms with Gasteiger partial charge in [0.25, 0.3) is 5.91 Å². The van der Waals surface area contributed by atoms with Crippen LogP contribution in [0.1, 0.15) is 15.9 Å². The van der Waals surface area contributed by atoms with Crippen LogP contribution in [0.25, 0.3) is 21.6 Å². The Balaban J connectivity index is 1.76. The number of rotatable bonds is 6. The summed E-state index contributed by atoms with van der Waals surface area (Å²) in [5, 5.41) is 2.49. The minimum Gasteiger partial charge on any atom is -0.496 e. The Kier molecular flexibility index (Phi) is 6.29. The number of benzene rings is 2. The fraction of sp³-hybridized carbons (Fsp3) is 0.174. The molecule has 0 spiro atoms. The van der Waals surface area contributed by atoms with Crippen molar-refractivity contribution < 1.29 is 32.2 Å². The van der Waals surface area contributed by atoms with Crippen molar-refractivity contribution in [1.82, 2.24) is 9.97 Å². The zero-order valence-electron chi connectivity index (χ0n) is 18.2. The lowest BCUT2D eigenvalue weighted by atomic mass is 10.1. The number of hydrogen-bond acceptors (Lipinski definition) is 7. The number of carbonyl (C=O) groups is 1. The van der Waals surface area contributed by atoms with Crippen LogP contribution in [0, 0.1) is 0 Å². The van der Waals surface area contributed by atoms with Gasteiger partial charge >= 0.3 is 6.18 Å². The van der Waals surface area contributed by atoms with Gasteiger partial charge in [0.1, 0.15) is 5.75 Å². The number of pyridine rings is 1. The average molecular weight is 489 g/mol. The monoisotopic (exact) mass is 489 g/mol. The summed E-state index contributed by atoms with van der Waals surface area (Å²) in [7, 11) is 4.22. The van der Waals surface area contributed by atoms with Crippen molar-refractivity contribution >= 4 is 32.7 Å². The molecule has 7 nitrogen and oxygen atoms in total. The molecule has 0 aliphatic heterocycles. The first-order valence-corrected chi connectivity index (χ1v) is 10.6. The number of ether oxygens (including phenoxy) is 3. The molecule has 0 fully saturated rings. The zero-order valence-corrected chi connectivity index (χ0v) is 19.0. The summed E-state index contributed by atoms with van der Waals surface area (Å²) < 4.78 is 57.0. The van der Waals surface area contributed by atoms with E-state index in [9.17, 15) is 18.0 Å². The fourth-order valence-electron chi connectivity index (χ4n) is 3.30. The molecule has 34 heavy (non-hydrogen) atoms. The van der Waals surface area contributed by atoms with Crippen LogP contribution in [-0.2, 0) is 6.18 Å². The van der Waals surface area contributed by atoms with Crippen LogP contribution < -0.4 is 19.5 Å². The number of fused-ring (bicyclic) bond motifs is 1. The summed E-state index contributed by atoms with van der Waals surface area (Å²) in [5.74, 6) is 0.181. The Bertz CT molecular complexity index is 1360. The minimum absolute atomic E-state index is 0.0416. The SMILES string of the molecule is COc1cc(OC)c(C(=O)Nc2nc3nc(-c4ccccc4)cc(C(F)(F)F)c3s2)cc1OC. The molecule has 4 aromatic rings. The van der Waals surface area contributed by atoms with E-state index in [0.717, 1.165) is 6.07 Å². The third-order valence-electron chi connectivity index (χ3n) is 4.91. The van der Waals surface area contributed by atoms with Crippen molar-refractivity contribution in [2.45, 2.75) is 6.18 Å². The number of amides is 1. The Morgan fingerprint density at radius 3 is 2.18 bits per heavy atom. The van der Waals surface area contributed by atoms with E-state index in [4.69, 9.17) is 14.2 Å². The number of hydrogen-bond donors (Lipinski definition) is 1. The Hall–Kier alpha value is -3.86. The topological polar surface area (TPSA) is 82.6 Å². The summed E-state index contributed by atoms with van der Waals surface area (Å²) in [6, 6.07) is 12.4. The average Bonchev–Trinajstić information content (AvgIpc) is 3.24. The van der Waals surface area contributed by atoms with E-state index in [1.54, 1.807) is 30.3 Å². The van der Waals surface area contributed by atoms with E-state index in [2.05, 4.69) is 15.3 Å². The predicted octanol–water partition coefficient (Wildman–Crippen LogP) is 5.66. The molecule has 1 amide bonds. The highest BCUT2D eigenvalue weighted by Crippen LogP contribution is 2.41. The number of nitrogens with zero attached hydrogens (tertiary/aromatic N) is 2. The van der Waals surface area contributed by atoms with Crippen LogP contribution in [0.5, 0.6) is 17.2 Å². The molecule has 2 aromatic heterocycles. The Labute approximate surface area is 196 Å². The normalized spacial score (nSPS) is 11.4. The van der Waals surface area contributed by atoms with Crippen molar-refractivity contribution in [3.8, 4) is 28.5 Å². The van der Waals surface area contributed by atoms with Crippen molar-refractivity contribution in [1.29, 1.82) is 0 Å². The van der Waals surface area contributed by atoms with Gasteiger partial charge in [-0.1, -0.05) is 41.7 Å². The highest BCUT2D eigenvalue weighted by atomic mass is 32.1. The van der Waals surface area contributed by atoms with Gasteiger partial charge in [-0.15, -0.1) is 0 Å². The summed E-state index contributed by atoms with van der Waals surface area (Å²) in [6.45, 7) is 0. The van der Waals surface area contributed by atoms with Crippen LogP contribution >= 0.6 is 11.3 Å². The molecule has 0 aliphatic carbocycles. The molecule has 176 valence electrons. The summed E-state index contributed by atoms with van der Waals surface area (Å²) in [5.41, 5.74) is -0.256. The number of alkyl halides is 3. The lowest BCUT2D eigenvalue weighted by Crippen LogP contribution is -2.13. The number of nitrogens with one attached hydrogen (secondary N) is 1. The standard InChI is InChI=1S/C23H18F3N3O4S/c1-31-16-11-18(33-3)17(32-2)9-13(16)21(30)29-22-28-20-19(34-22)14(23(24,25)26)10-15(27-20)12-7-5-4-6-8-12/h4-11H,1-3H3,(H,27,28,29,30). The van der Waals surface area contributed by atoms with Crippen LogP contribution in [0.2, 0.25) is 0 Å². The Morgan fingerprint density at radius 1 is 0.912 bits per heavy atom. The van der Waals surface area contributed by atoms with Gasteiger partial charge in [0.05, 0.1) is 42.9 Å². The number of anilines is 1. The first-order valence-electron chi connectivity index (χ1n) is 9.80. The molecule has 0 unspecified atom stereocenters. The molecule has 0 atom stereocenters. The number of thiazole rings is 1. The highest BCUT2D eigenvalue weighted by Gasteiger charge is 2.35. The minimum atomic E-state index is -4.63. The molecule has 0 saturated carbocycles. The number of methoxy groups -OCH3 is 3. The maximum absolute atomic E-state index is 13.8. The third-order valence-corrected chi connectivity index (χ3v) is 5.90. The lowest BCUT2D eigenvalue weighted by Gasteiger charge is -2.13. The van der Waals surface area contributed by atoms with E-state index in [-0.39, 0.29) is 38.2 Å². The van der Waals surface area contributed by atoms with Gasteiger partial charge < -0.3 is 14.2 Å². The molecule has 2 aromatic carbocycles. The van der Waals surface area contributed by atoms with Crippen LogP contribution in [-0.4, -0.2) is 37.2 Å². The maximum Gasteiger partial charge on any atom is 0.417 e. The van der Waals surface area contributed by atoms with Crippen molar-refractivity contribution in [2.75, 3.05) is 26.6 Å². The largest absolute Gasteiger partial charge is 0.496 e. The Morgan fingerprint density at radius 2 is 1.56 bits per heavy atom. The fourth-order valence-corrected chi connectivity index (χ4v) is 4.24. The second kappa shape index (κ2) is 9.18. The number of halogens is 3. The lowest BCUT2D eigenvalue weighted by molar-refractivity contribution is -0.136. The van der Waals surface area contributed by atoms with Gasteiger partial charge in [0, 0.05) is 17.7 Å². The van der Waals surface area contributed by atoms with E-state index >= 15 is 0 Å². The van der Waals surface area contributed by atoms with Gasteiger partial charge in [-0.3, -0.25) is 10.1 Å². The molecule has 0 bridgehead atoms. The zero-order chi connectivity index (χ0) is 24.5. The first-order chi connectivity index (χ1) is 16.2. The second-order valence-corrected chi connectivity index (χ2v) is 7.95. The second-order valence-electron chi connectivity index (χ2n) is 6.95. The van der Waals surface area contributed by atoms with Gasteiger partial charge in [0.15, 0.2) is 22.3 Å². The molecular weight excluding hydrogens is 471 g/mol. The third kappa shape index (κ3) is 4.46. The van der Waals surface area contributed by atoms with Crippen LogP contribution in [0.4, 0.5) is 18.3 Å². The molecule has 2 heterocycles. The quantitative estimate of drug-likeness (QED) is 0.377. The van der Waals surface area contributed by atoms with E-state index in [1.165, 1.54) is 33.5 Å². The molecular formula is C23H18F3N3O4S. The highest BCUT2D eigenvalue weighted by molar-refractivity contribution is 7.22. The molecule has 1 N–H and O–H groups in total. The van der Waals surface area contributed by atoms with Crippen molar-refractivity contribution in [3.05, 3.63) is 59.7 Å². The van der Waals surface area contributed by atoms with Gasteiger partial charge in [-0.2, -0.15) is 18.2 Å². The van der Waals surface area contributed by atoms with Gasteiger partial charge in [-0.05, 0) is 6.07 Å². The summed E-state index contributed by atoms with van der Waals surface area (Å²) in [6.07, 6.45) is -4.63. The first kappa shape index (κ1) is 23.3. The molecule has 0 aliphatic rings. The molecule has 4 rings (SSSR count).